The molecular formula is C17H18N4OS. The number of nitrogens with one attached hydrogen (secondary N) is 1. The van der Waals surface area contributed by atoms with E-state index in [0.29, 0.717) is 10.6 Å². The van der Waals surface area contributed by atoms with E-state index in [-0.39, 0.29) is 0 Å². The van der Waals surface area contributed by atoms with Crippen molar-refractivity contribution in [2.45, 2.75) is 12.8 Å². The predicted molar refractivity (Wildman–Crippen MR) is 95.8 cm³/mol. The monoisotopic (exact) mass is 326 g/mol. The molecule has 5 nitrogen and oxygen atoms in total. The molecule has 1 amide bonds. The Morgan fingerprint density at radius 2 is 2.00 bits per heavy atom. The van der Waals surface area contributed by atoms with E-state index in [9.17, 15) is 4.79 Å². The lowest BCUT2D eigenvalue weighted by Gasteiger charge is -2.08. The molecule has 1 aromatic carbocycles. The van der Waals surface area contributed by atoms with Crippen LogP contribution in [0.4, 0.5) is 11.4 Å². The molecule has 0 saturated carbocycles. The summed E-state index contributed by atoms with van der Waals surface area (Å²) in [5.41, 5.74) is 14.0. The number of hydrogen-bond donors (Lipinski definition) is 3. The number of nitrogen functional groups attached to an aromatic ring is 1. The summed E-state index contributed by atoms with van der Waals surface area (Å²) in [6.07, 6.45) is 3.72. The third-order valence-corrected chi connectivity index (χ3v) is 4.78. The molecule has 118 valence electrons. The second-order valence-corrected chi connectivity index (χ2v) is 6.26. The van der Waals surface area contributed by atoms with E-state index in [1.807, 2.05) is 24.3 Å². The van der Waals surface area contributed by atoms with Gasteiger partial charge in [0.15, 0.2) is 0 Å². The summed E-state index contributed by atoms with van der Waals surface area (Å²) in [4.78, 5) is 16.8. The second kappa shape index (κ2) is 6.66. The molecule has 0 spiro atoms. The lowest BCUT2D eigenvalue weighted by atomic mass is 10.1. The highest BCUT2D eigenvalue weighted by molar-refractivity contribution is 7.21. The van der Waals surface area contributed by atoms with Crippen LogP contribution < -0.4 is 16.8 Å². The average Bonchev–Trinajstić information content (AvgIpc) is 2.91. The Morgan fingerprint density at radius 1 is 1.22 bits per heavy atom. The number of hydrogen-bond acceptors (Lipinski definition) is 5. The maximum absolute atomic E-state index is 11.4. The number of primary amides is 1. The summed E-state index contributed by atoms with van der Waals surface area (Å²) in [5, 5.41) is 4.17. The maximum Gasteiger partial charge on any atom is 0.260 e. The van der Waals surface area contributed by atoms with Crippen molar-refractivity contribution in [2.24, 2.45) is 5.73 Å². The van der Waals surface area contributed by atoms with Crippen LogP contribution in [0.15, 0.2) is 42.6 Å². The summed E-state index contributed by atoms with van der Waals surface area (Å²) in [6.45, 7) is 0.815. The van der Waals surface area contributed by atoms with Crippen molar-refractivity contribution in [3.8, 4) is 0 Å². The molecule has 0 aliphatic heterocycles. The van der Waals surface area contributed by atoms with Crippen LogP contribution in [0.25, 0.3) is 10.2 Å². The number of amides is 1. The first-order valence-corrected chi connectivity index (χ1v) is 8.23. The van der Waals surface area contributed by atoms with Crippen LogP contribution in [0.3, 0.4) is 0 Å². The number of fused-ring (bicyclic) bond motifs is 1. The van der Waals surface area contributed by atoms with Crippen LogP contribution in [0.5, 0.6) is 0 Å². The van der Waals surface area contributed by atoms with Crippen LogP contribution in [0.1, 0.15) is 21.7 Å². The maximum atomic E-state index is 11.4. The van der Waals surface area contributed by atoms with Crippen LogP contribution in [-0.2, 0) is 6.42 Å². The van der Waals surface area contributed by atoms with E-state index in [4.69, 9.17) is 11.5 Å². The molecule has 3 rings (SSSR count). The van der Waals surface area contributed by atoms with Crippen molar-refractivity contribution in [3.05, 3.63) is 53.0 Å². The molecule has 0 aliphatic rings. The topological polar surface area (TPSA) is 94.0 Å². The number of aromatic nitrogens is 1. The number of aryl methyl sites for hydroxylation is 1. The number of rotatable bonds is 6. The highest BCUT2D eigenvalue weighted by Gasteiger charge is 2.17. The van der Waals surface area contributed by atoms with E-state index < -0.39 is 5.91 Å². The average molecular weight is 326 g/mol. The first kappa shape index (κ1) is 15.3. The Morgan fingerprint density at radius 3 is 2.74 bits per heavy atom. The summed E-state index contributed by atoms with van der Waals surface area (Å²) in [6, 6.07) is 12.2. The largest absolute Gasteiger partial charge is 0.397 e. The zero-order valence-electron chi connectivity index (χ0n) is 12.6. The molecule has 2 heterocycles. The first-order chi connectivity index (χ1) is 11.2. The SMILES string of the molecule is NC(=O)c1sc2nccc(NCCCc3ccccc3)c2c1N. The van der Waals surface area contributed by atoms with Crippen molar-refractivity contribution < 1.29 is 4.79 Å². The molecule has 0 aliphatic carbocycles. The van der Waals surface area contributed by atoms with E-state index in [0.717, 1.165) is 35.3 Å². The Bertz CT molecular complexity index is 829. The number of carbonyl (C=O) groups is 1. The van der Waals surface area contributed by atoms with Crippen molar-refractivity contribution in [1.29, 1.82) is 0 Å². The minimum absolute atomic E-state index is 0.367. The quantitative estimate of drug-likeness (QED) is 0.607. The minimum Gasteiger partial charge on any atom is -0.397 e. The number of nitrogens with two attached hydrogens (primary N) is 2. The molecule has 0 fully saturated rings. The highest BCUT2D eigenvalue weighted by atomic mass is 32.1. The molecule has 2 aromatic heterocycles. The van der Waals surface area contributed by atoms with Gasteiger partial charge in [0.1, 0.15) is 9.71 Å². The number of thiophene rings is 1. The summed E-state index contributed by atoms with van der Waals surface area (Å²) >= 11 is 1.23. The van der Waals surface area contributed by atoms with Gasteiger partial charge in [-0.1, -0.05) is 30.3 Å². The molecule has 0 saturated heterocycles. The number of pyridine rings is 1. The molecule has 0 unspecified atom stereocenters. The van der Waals surface area contributed by atoms with Gasteiger partial charge in [0.2, 0.25) is 0 Å². The predicted octanol–water partition coefficient (Wildman–Crippen LogP) is 3.02. The van der Waals surface area contributed by atoms with Gasteiger partial charge >= 0.3 is 0 Å². The fourth-order valence-corrected chi connectivity index (χ4v) is 3.48. The van der Waals surface area contributed by atoms with E-state index in [1.54, 1.807) is 6.20 Å². The Hall–Kier alpha value is -2.60. The fraction of sp³-hybridized carbons (Fsp3) is 0.176. The third kappa shape index (κ3) is 3.27. The molecule has 23 heavy (non-hydrogen) atoms. The zero-order valence-corrected chi connectivity index (χ0v) is 13.4. The van der Waals surface area contributed by atoms with E-state index >= 15 is 0 Å². The number of nitrogens with zero attached hydrogens (tertiary/aromatic N) is 1. The van der Waals surface area contributed by atoms with E-state index in [1.165, 1.54) is 16.9 Å². The number of carbonyl (C=O) groups excluding carboxylic acids is 1. The van der Waals surface area contributed by atoms with Gasteiger partial charge < -0.3 is 16.8 Å². The minimum atomic E-state index is -0.513. The number of benzene rings is 1. The smallest absolute Gasteiger partial charge is 0.260 e. The molecule has 6 heteroatoms. The van der Waals surface area contributed by atoms with Gasteiger partial charge in [0.05, 0.1) is 11.1 Å². The third-order valence-electron chi connectivity index (χ3n) is 3.65. The van der Waals surface area contributed by atoms with Gasteiger partial charge in [-0.05, 0) is 24.5 Å². The summed E-state index contributed by atoms with van der Waals surface area (Å²) < 4.78 is 0. The van der Waals surface area contributed by atoms with Gasteiger partial charge in [-0.15, -0.1) is 11.3 Å². The van der Waals surface area contributed by atoms with Crippen LogP contribution in [0, 0.1) is 0 Å². The van der Waals surface area contributed by atoms with Crippen molar-refractivity contribution in [2.75, 3.05) is 17.6 Å². The molecule has 3 aromatic rings. The van der Waals surface area contributed by atoms with Crippen LogP contribution >= 0.6 is 11.3 Å². The van der Waals surface area contributed by atoms with Crippen molar-refractivity contribution in [3.63, 3.8) is 0 Å². The normalized spacial score (nSPS) is 10.8. The fourth-order valence-electron chi connectivity index (χ4n) is 2.54. The molecule has 0 bridgehead atoms. The van der Waals surface area contributed by atoms with Crippen molar-refractivity contribution >= 4 is 38.8 Å². The van der Waals surface area contributed by atoms with Gasteiger partial charge in [0, 0.05) is 18.4 Å². The highest BCUT2D eigenvalue weighted by Crippen LogP contribution is 2.36. The summed E-state index contributed by atoms with van der Waals surface area (Å²) in [7, 11) is 0. The molecule has 0 radical (unpaired) electrons. The standard InChI is InChI=1S/C17H18N4OS/c18-14-13-12(8-10-21-17(13)23-15(14)16(19)22)20-9-4-7-11-5-2-1-3-6-11/h1-3,5-6,8,10H,4,7,9,18H2,(H2,19,22)(H,20,21). The van der Waals surface area contributed by atoms with Crippen molar-refractivity contribution in [1.82, 2.24) is 4.98 Å². The van der Waals surface area contributed by atoms with Crippen LogP contribution in [-0.4, -0.2) is 17.4 Å². The first-order valence-electron chi connectivity index (χ1n) is 7.41. The van der Waals surface area contributed by atoms with Gasteiger partial charge in [-0.3, -0.25) is 4.79 Å². The second-order valence-electron chi connectivity index (χ2n) is 5.26. The van der Waals surface area contributed by atoms with Gasteiger partial charge in [-0.2, -0.15) is 0 Å². The van der Waals surface area contributed by atoms with E-state index in [2.05, 4.69) is 22.4 Å². The zero-order chi connectivity index (χ0) is 16.2. The lowest BCUT2D eigenvalue weighted by Crippen LogP contribution is -2.11. The van der Waals surface area contributed by atoms with Gasteiger partial charge in [-0.25, -0.2) is 4.98 Å². The molecule has 5 N–H and O–H groups in total. The number of anilines is 2. The van der Waals surface area contributed by atoms with Gasteiger partial charge in [0.25, 0.3) is 5.91 Å². The Kier molecular flexibility index (Phi) is 4.43. The molecule has 0 atom stereocenters. The molecular weight excluding hydrogens is 308 g/mol. The summed E-state index contributed by atoms with van der Waals surface area (Å²) in [5.74, 6) is -0.513. The Labute approximate surface area is 138 Å². The lowest BCUT2D eigenvalue weighted by molar-refractivity contribution is 0.100. The Balaban J connectivity index is 1.72. The van der Waals surface area contributed by atoms with Crippen LogP contribution in [0.2, 0.25) is 0 Å².